The zero-order chi connectivity index (χ0) is 19.1. The highest BCUT2D eigenvalue weighted by Gasteiger charge is 2.28. The summed E-state index contributed by atoms with van der Waals surface area (Å²) in [5.74, 6) is 0.135. The Labute approximate surface area is 156 Å². The van der Waals surface area contributed by atoms with E-state index in [-0.39, 0.29) is 35.6 Å². The van der Waals surface area contributed by atoms with Crippen LogP contribution in [-0.2, 0) is 4.74 Å². The largest absolute Gasteiger partial charge is 0.389 e. The molecule has 8 nitrogen and oxygen atoms in total. The predicted molar refractivity (Wildman–Crippen MR) is 100 cm³/mol. The molecule has 8 heteroatoms. The molecule has 0 spiro atoms. The van der Waals surface area contributed by atoms with Gasteiger partial charge >= 0.3 is 0 Å². The quantitative estimate of drug-likeness (QED) is 0.785. The molecular formula is C19H24N4O4. The SMILES string of the molecule is CC(=O)c1c(C)c2cnc(N[C@H]3CCOC[C@H]3O)nc2n(C2CCC2)c1=O. The number of hydrogen-bond acceptors (Lipinski definition) is 7. The summed E-state index contributed by atoms with van der Waals surface area (Å²) in [4.78, 5) is 34.1. The van der Waals surface area contributed by atoms with Crippen LogP contribution < -0.4 is 10.9 Å². The fourth-order valence-electron chi connectivity index (χ4n) is 3.86. The van der Waals surface area contributed by atoms with Gasteiger partial charge in [-0.1, -0.05) is 0 Å². The van der Waals surface area contributed by atoms with Crippen LogP contribution in [0.1, 0.15) is 54.6 Å². The van der Waals surface area contributed by atoms with E-state index in [0.717, 1.165) is 19.3 Å². The van der Waals surface area contributed by atoms with Gasteiger partial charge in [0.1, 0.15) is 5.65 Å². The Morgan fingerprint density at radius 2 is 2.15 bits per heavy atom. The van der Waals surface area contributed by atoms with Gasteiger partial charge < -0.3 is 15.2 Å². The van der Waals surface area contributed by atoms with Crippen LogP contribution in [-0.4, -0.2) is 50.8 Å². The molecule has 1 saturated heterocycles. The Balaban J connectivity index is 1.83. The molecule has 2 fully saturated rings. The van der Waals surface area contributed by atoms with E-state index in [1.807, 2.05) is 0 Å². The fourth-order valence-corrected chi connectivity index (χ4v) is 3.86. The number of aliphatic hydroxyl groups is 1. The number of hydrogen-bond donors (Lipinski definition) is 2. The van der Waals surface area contributed by atoms with E-state index in [1.54, 1.807) is 17.7 Å². The molecule has 2 atom stereocenters. The average Bonchev–Trinajstić information content (AvgIpc) is 2.58. The minimum absolute atomic E-state index is 0.0649. The number of rotatable bonds is 4. The summed E-state index contributed by atoms with van der Waals surface area (Å²) in [7, 11) is 0. The van der Waals surface area contributed by atoms with Gasteiger partial charge in [0.05, 0.1) is 24.3 Å². The number of fused-ring (bicyclic) bond motifs is 1. The number of pyridine rings is 1. The number of aromatic nitrogens is 3. The first-order valence-corrected chi connectivity index (χ1v) is 9.42. The van der Waals surface area contributed by atoms with Crippen LogP contribution in [0.25, 0.3) is 11.0 Å². The molecule has 27 heavy (non-hydrogen) atoms. The minimum atomic E-state index is -0.631. The molecule has 0 radical (unpaired) electrons. The lowest BCUT2D eigenvalue weighted by Gasteiger charge is -2.30. The maximum atomic E-state index is 13.0. The number of aryl methyl sites for hydroxylation is 1. The van der Waals surface area contributed by atoms with Gasteiger partial charge in [-0.05, 0) is 45.1 Å². The minimum Gasteiger partial charge on any atom is -0.389 e. The Morgan fingerprint density at radius 1 is 1.37 bits per heavy atom. The van der Waals surface area contributed by atoms with Crippen molar-refractivity contribution in [3.63, 3.8) is 0 Å². The predicted octanol–water partition coefficient (Wildman–Crippen LogP) is 1.59. The van der Waals surface area contributed by atoms with Crippen molar-refractivity contribution in [2.24, 2.45) is 0 Å². The summed E-state index contributed by atoms with van der Waals surface area (Å²) in [6.07, 6.45) is 4.55. The van der Waals surface area contributed by atoms with Crippen molar-refractivity contribution in [1.82, 2.24) is 14.5 Å². The zero-order valence-corrected chi connectivity index (χ0v) is 15.6. The third kappa shape index (κ3) is 3.12. The molecule has 1 aliphatic heterocycles. The second kappa shape index (κ2) is 7.01. The highest BCUT2D eigenvalue weighted by Crippen LogP contribution is 2.33. The van der Waals surface area contributed by atoms with Crippen LogP contribution in [0.3, 0.4) is 0 Å². The van der Waals surface area contributed by atoms with Gasteiger partial charge in [0.15, 0.2) is 5.78 Å². The number of Topliss-reactive ketones (excluding diaryl/α,β-unsaturated/α-hetero) is 1. The Morgan fingerprint density at radius 3 is 2.78 bits per heavy atom. The van der Waals surface area contributed by atoms with Crippen molar-refractivity contribution in [2.45, 2.75) is 57.7 Å². The molecule has 0 amide bonds. The van der Waals surface area contributed by atoms with Crippen molar-refractivity contribution in [1.29, 1.82) is 0 Å². The van der Waals surface area contributed by atoms with Crippen LogP contribution in [0.15, 0.2) is 11.0 Å². The lowest BCUT2D eigenvalue weighted by molar-refractivity contribution is -0.0136. The molecule has 0 unspecified atom stereocenters. The molecule has 1 saturated carbocycles. The second-order valence-electron chi connectivity index (χ2n) is 7.43. The van der Waals surface area contributed by atoms with E-state index >= 15 is 0 Å². The number of anilines is 1. The number of ether oxygens (including phenoxy) is 1. The standard InChI is InChI=1S/C19H24N4O4/c1-10-13-8-20-19(21-14-6-7-27-9-15(14)25)22-17(13)23(12-4-3-5-12)18(26)16(10)11(2)24/h8,12,14-15,25H,3-7,9H2,1-2H3,(H,20,21,22)/t14-,15+/m0/s1. The number of nitrogens with one attached hydrogen (secondary N) is 1. The first-order valence-electron chi connectivity index (χ1n) is 9.42. The molecule has 2 aromatic rings. The maximum absolute atomic E-state index is 13.0. The topological polar surface area (TPSA) is 106 Å². The van der Waals surface area contributed by atoms with Crippen LogP contribution >= 0.6 is 0 Å². The lowest BCUT2D eigenvalue weighted by atomic mass is 9.91. The van der Waals surface area contributed by atoms with Gasteiger partial charge in [-0.15, -0.1) is 0 Å². The molecule has 2 aliphatic rings. The summed E-state index contributed by atoms with van der Waals surface area (Å²) < 4.78 is 6.91. The van der Waals surface area contributed by atoms with Crippen LogP contribution in [0.5, 0.6) is 0 Å². The van der Waals surface area contributed by atoms with Crippen molar-refractivity contribution in [3.05, 3.63) is 27.7 Å². The van der Waals surface area contributed by atoms with E-state index in [0.29, 0.717) is 35.6 Å². The summed E-state index contributed by atoms with van der Waals surface area (Å²) in [5, 5.41) is 14.0. The Bertz CT molecular complexity index is 951. The number of aliphatic hydroxyl groups excluding tert-OH is 1. The highest BCUT2D eigenvalue weighted by molar-refractivity contribution is 5.99. The van der Waals surface area contributed by atoms with E-state index < -0.39 is 6.10 Å². The van der Waals surface area contributed by atoms with Crippen molar-refractivity contribution in [3.8, 4) is 0 Å². The summed E-state index contributed by atoms with van der Waals surface area (Å²) >= 11 is 0. The van der Waals surface area contributed by atoms with Crippen molar-refractivity contribution < 1.29 is 14.6 Å². The molecule has 1 aliphatic carbocycles. The second-order valence-corrected chi connectivity index (χ2v) is 7.43. The van der Waals surface area contributed by atoms with E-state index in [9.17, 15) is 14.7 Å². The third-order valence-electron chi connectivity index (χ3n) is 5.64. The molecule has 3 heterocycles. The van der Waals surface area contributed by atoms with Gasteiger partial charge in [0, 0.05) is 24.2 Å². The number of carbonyl (C=O) groups excluding carboxylic acids is 1. The van der Waals surface area contributed by atoms with Crippen LogP contribution in [0.2, 0.25) is 0 Å². The monoisotopic (exact) mass is 372 g/mol. The molecule has 2 aromatic heterocycles. The number of nitrogens with zero attached hydrogens (tertiary/aromatic N) is 3. The van der Waals surface area contributed by atoms with E-state index in [4.69, 9.17) is 4.74 Å². The molecule has 4 rings (SSSR count). The molecule has 2 N–H and O–H groups in total. The van der Waals surface area contributed by atoms with Crippen LogP contribution in [0, 0.1) is 6.92 Å². The first kappa shape index (κ1) is 18.1. The Kier molecular flexibility index (Phi) is 4.69. The molecule has 144 valence electrons. The van der Waals surface area contributed by atoms with Crippen LogP contribution in [0.4, 0.5) is 5.95 Å². The van der Waals surface area contributed by atoms with Gasteiger partial charge in [-0.25, -0.2) is 4.98 Å². The fraction of sp³-hybridized carbons (Fsp3) is 0.579. The molecule has 0 aromatic carbocycles. The number of carbonyl (C=O) groups is 1. The maximum Gasteiger partial charge on any atom is 0.263 e. The summed E-state index contributed by atoms with van der Waals surface area (Å²) in [5.41, 5.74) is 1.12. The van der Waals surface area contributed by atoms with Crippen molar-refractivity contribution >= 4 is 22.8 Å². The first-order chi connectivity index (χ1) is 13.0. The van der Waals surface area contributed by atoms with E-state index in [1.165, 1.54) is 6.92 Å². The highest BCUT2D eigenvalue weighted by atomic mass is 16.5. The van der Waals surface area contributed by atoms with Gasteiger partial charge in [0.2, 0.25) is 5.95 Å². The zero-order valence-electron chi connectivity index (χ0n) is 15.6. The van der Waals surface area contributed by atoms with Gasteiger partial charge in [-0.3, -0.25) is 14.2 Å². The summed E-state index contributed by atoms with van der Waals surface area (Å²) in [6, 6.07) is -0.132. The normalized spacial score (nSPS) is 23.2. The van der Waals surface area contributed by atoms with Gasteiger partial charge in [0.25, 0.3) is 5.56 Å². The molecule has 0 bridgehead atoms. The van der Waals surface area contributed by atoms with E-state index in [2.05, 4.69) is 15.3 Å². The lowest BCUT2D eigenvalue weighted by Crippen LogP contribution is -2.42. The smallest absolute Gasteiger partial charge is 0.263 e. The average molecular weight is 372 g/mol. The van der Waals surface area contributed by atoms with Crippen molar-refractivity contribution in [2.75, 3.05) is 18.5 Å². The van der Waals surface area contributed by atoms with Gasteiger partial charge in [-0.2, -0.15) is 4.98 Å². The Hall–Kier alpha value is -2.32. The molecular weight excluding hydrogens is 348 g/mol. The number of ketones is 1. The third-order valence-corrected chi connectivity index (χ3v) is 5.64. The summed E-state index contributed by atoms with van der Waals surface area (Å²) in [6.45, 7) is 4.03.